The monoisotopic (exact) mass is 418 g/mol. The molecule has 2 aromatic heterocycles. The molecule has 0 radical (unpaired) electrons. The van der Waals surface area contributed by atoms with Crippen molar-refractivity contribution in [3.8, 4) is 0 Å². The van der Waals surface area contributed by atoms with Crippen molar-refractivity contribution < 1.29 is 23.5 Å². The number of fused-ring (bicyclic) bond motifs is 1. The maximum Gasteiger partial charge on any atom is 0.342 e. The first kappa shape index (κ1) is 21.5. The first-order chi connectivity index (χ1) is 14.3. The van der Waals surface area contributed by atoms with Gasteiger partial charge in [-0.1, -0.05) is 19.8 Å². The van der Waals surface area contributed by atoms with Gasteiger partial charge in [-0.15, -0.1) is 0 Å². The van der Waals surface area contributed by atoms with Crippen molar-refractivity contribution >= 4 is 29.0 Å². The summed E-state index contributed by atoms with van der Waals surface area (Å²) in [5.74, 6) is -0.816. The number of imide groups is 1. The molecule has 0 spiro atoms. The van der Waals surface area contributed by atoms with Crippen LogP contribution in [0.5, 0.6) is 0 Å². The normalized spacial score (nSPS) is 18.8. The van der Waals surface area contributed by atoms with Crippen molar-refractivity contribution in [1.29, 1.82) is 0 Å². The molecule has 2 aromatic rings. The minimum Gasteiger partial charge on any atom is -0.462 e. The molecule has 1 aliphatic carbocycles. The molecule has 1 saturated carbocycles. The number of carbonyl (C=O) groups is 3. The number of carbonyl (C=O) groups excluding carboxylic acids is 3. The number of esters is 1. The Labute approximate surface area is 173 Å². The largest absolute Gasteiger partial charge is 0.462 e. The second kappa shape index (κ2) is 9.10. The number of ether oxygens (including phenoxy) is 1. The summed E-state index contributed by atoms with van der Waals surface area (Å²) in [6, 6.07) is -0.569. The van der Waals surface area contributed by atoms with E-state index in [0.29, 0.717) is 5.92 Å². The number of aryl methyl sites for hydroxylation is 1. The quantitative estimate of drug-likeness (QED) is 0.708. The van der Waals surface area contributed by atoms with Crippen LogP contribution in [0.15, 0.2) is 15.5 Å². The minimum atomic E-state index is -0.698. The Morgan fingerprint density at radius 3 is 2.73 bits per heavy atom. The van der Waals surface area contributed by atoms with Crippen molar-refractivity contribution in [2.24, 2.45) is 5.92 Å². The lowest BCUT2D eigenvalue weighted by atomic mass is 9.86. The summed E-state index contributed by atoms with van der Waals surface area (Å²) in [7, 11) is 0. The first-order valence-corrected chi connectivity index (χ1v) is 10.1. The molecule has 2 atom stereocenters. The van der Waals surface area contributed by atoms with Crippen molar-refractivity contribution in [3.05, 3.63) is 28.0 Å². The lowest BCUT2D eigenvalue weighted by Gasteiger charge is -2.29. The Morgan fingerprint density at radius 1 is 1.30 bits per heavy atom. The maximum atomic E-state index is 12.8. The van der Waals surface area contributed by atoms with Crippen molar-refractivity contribution in [2.75, 3.05) is 6.61 Å². The zero-order valence-corrected chi connectivity index (χ0v) is 17.3. The topological polar surface area (TPSA) is 133 Å². The third-order valence-electron chi connectivity index (χ3n) is 5.33. The van der Waals surface area contributed by atoms with Gasteiger partial charge in [0, 0.05) is 6.04 Å². The van der Waals surface area contributed by atoms with Crippen LogP contribution in [-0.2, 0) is 16.1 Å². The molecule has 0 unspecified atom stereocenters. The molecule has 0 aliphatic heterocycles. The predicted molar refractivity (Wildman–Crippen MR) is 107 cm³/mol. The molecule has 0 bridgehead atoms. The van der Waals surface area contributed by atoms with Crippen molar-refractivity contribution in [3.63, 3.8) is 0 Å². The Hall–Kier alpha value is -3.17. The van der Waals surface area contributed by atoms with Gasteiger partial charge in [0.15, 0.2) is 0 Å². The van der Waals surface area contributed by atoms with Crippen LogP contribution in [0.1, 0.15) is 55.6 Å². The van der Waals surface area contributed by atoms with E-state index in [1.165, 1.54) is 6.92 Å². The fourth-order valence-corrected chi connectivity index (χ4v) is 3.76. The van der Waals surface area contributed by atoms with Crippen LogP contribution in [0.3, 0.4) is 0 Å². The molecule has 10 heteroatoms. The highest BCUT2D eigenvalue weighted by Crippen LogP contribution is 2.23. The number of hydrogen-bond acceptors (Lipinski definition) is 7. The van der Waals surface area contributed by atoms with E-state index in [1.807, 2.05) is 0 Å². The molecule has 2 heterocycles. The van der Waals surface area contributed by atoms with Crippen LogP contribution in [0.4, 0.5) is 4.79 Å². The molecular weight excluding hydrogens is 392 g/mol. The summed E-state index contributed by atoms with van der Waals surface area (Å²) in [4.78, 5) is 53.5. The molecule has 162 valence electrons. The van der Waals surface area contributed by atoms with Gasteiger partial charge >= 0.3 is 12.0 Å². The van der Waals surface area contributed by atoms with Gasteiger partial charge in [-0.05, 0) is 32.6 Å². The molecule has 0 saturated heterocycles. The lowest BCUT2D eigenvalue weighted by Crippen LogP contribution is -2.48. The molecule has 1 aliphatic rings. The van der Waals surface area contributed by atoms with E-state index in [1.54, 1.807) is 6.92 Å². The molecule has 0 aromatic carbocycles. The van der Waals surface area contributed by atoms with Crippen LogP contribution in [0.25, 0.3) is 11.1 Å². The Bertz CT molecular complexity index is 1020. The molecule has 3 amide bonds. The smallest absolute Gasteiger partial charge is 0.342 e. The van der Waals surface area contributed by atoms with Gasteiger partial charge in [0.05, 0.1) is 6.61 Å². The van der Waals surface area contributed by atoms with E-state index < -0.39 is 30.0 Å². The van der Waals surface area contributed by atoms with Crippen LogP contribution in [-0.4, -0.2) is 40.1 Å². The van der Waals surface area contributed by atoms with Gasteiger partial charge in [0.2, 0.25) is 11.6 Å². The van der Waals surface area contributed by atoms with Gasteiger partial charge in [-0.3, -0.25) is 19.5 Å². The summed E-state index contributed by atoms with van der Waals surface area (Å²) in [6.45, 7) is 4.95. The van der Waals surface area contributed by atoms with Gasteiger partial charge in [0.1, 0.15) is 29.6 Å². The number of rotatable bonds is 5. The third kappa shape index (κ3) is 4.52. The number of hydrogen-bond donors (Lipinski definition) is 2. The highest BCUT2D eigenvalue weighted by atomic mass is 16.5. The Morgan fingerprint density at radius 2 is 2.03 bits per heavy atom. The molecule has 10 nitrogen and oxygen atoms in total. The number of aromatic nitrogens is 2. The second-order valence-corrected chi connectivity index (χ2v) is 7.50. The summed E-state index contributed by atoms with van der Waals surface area (Å²) in [5, 5.41) is 5.01. The molecular formula is C20H26N4O6. The summed E-state index contributed by atoms with van der Waals surface area (Å²) >= 11 is 0. The zero-order valence-electron chi connectivity index (χ0n) is 17.3. The van der Waals surface area contributed by atoms with Crippen LogP contribution >= 0.6 is 0 Å². The molecule has 3 rings (SSSR count). The van der Waals surface area contributed by atoms with Gasteiger partial charge in [-0.2, -0.15) is 0 Å². The summed E-state index contributed by atoms with van der Waals surface area (Å²) in [5.41, 5.74) is -0.652. The fourth-order valence-electron chi connectivity index (χ4n) is 3.76. The minimum absolute atomic E-state index is 0.0110. The summed E-state index contributed by atoms with van der Waals surface area (Å²) < 4.78 is 11.4. The predicted octanol–water partition coefficient (Wildman–Crippen LogP) is 1.88. The first-order valence-electron chi connectivity index (χ1n) is 10.1. The number of nitrogens with zero attached hydrogens (tertiary/aromatic N) is 2. The van der Waals surface area contributed by atoms with Gasteiger partial charge in [0.25, 0.3) is 5.56 Å². The van der Waals surface area contributed by atoms with Crippen LogP contribution in [0.2, 0.25) is 0 Å². The molecule has 1 fully saturated rings. The SMILES string of the molecule is CCOC(=O)c1c(C)oc2ncn(CC(=O)NC(=O)N[C@@H]3CCCC[C@H]3C)c(=O)c12. The average Bonchev–Trinajstić information content (AvgIpc) is 3.03. The fraction of sp³-hybridized carbons (Fsp3) is 0.550. The highest BCUT2D eigenvalue weighted by Gasteiger charge is 2.25. The number of nitrogens with one attached hydrogen (secondary N) is 2. The van der Waals surface area contributed by atoms with E-state index >= 15 is 0 Å². The second-order valence-electron chi connectivity index (χ2n) is 7.50. The number of urea groups is 1. The summed E-state index contributed by atoms with van der Waals surface area (Å²) in [6.07, 6.45) is 5.23. The average molecular weight is 418 g/mol. The third-order valence-corrected chi connectivity index (χ3v) is 5.33. The molecule has 2 N–H and O–H groups in total. The standard InChI is InChI=1S/C20H26N4O6/c1-4-29-19(27)15-12(3)30-17-16(15)18(26)24(10-21-17)9-14(25)23-20(28)22-13-8-6-5-7-11(13)2/h10-11,13H,4-9H2,1-3H3,(H2,22,23,25,28)/t11-,13-/m1/s1. The van der Waals surface area contributed by atoms with E-state index in [4.69, 9.17) is 9.15 Å². The van der Waals surface area contributed by atoms with E-state index in [-0.39, 0.29) is 35.1 Å². The van der Waals surface area contributed by atoms with Crippen molar-refractivity contribution in [1.82, 2.24) is 20.2 Å². The Balaban J connectivity index is 1.73. The molecule has 30 heavy (non-hydrogen) atoms. The van der Waals surface area contributed by atoms with Crippen LogP contribution < -0.4 is 16.2 Å². The zero-order chi connectivity index (χ0) is 21.8. The number of furan rings is 1. The van der Waals surface area contributed by atoms with Gasteiger partial charge < -0.3 is 14.5 Å². The van der Waals surface area contributed by atoms with E-state index in [0.717, 1.165) is 36.6 Å². The Kier molecular flexibility index (Phi) is 6.53. The highest BCUT2D eigenvalue weighted by molar-refractivity contribution is 6.03. The van der Waals surface area contributed by atoms with Crippen LogP contribution in [0, 0.1) is 12.8 Å². The maximum absolute atomic E-state index is 12.8. The van der Waals surface area contributed by atoms with E-state index in [9.17, 15) is 19.2 Å². The number of amides is 3. The van der Waals surface area contributed by atoms with Gasteiger partial charge in [-0.25, -0.2) is 14.6 Å². The van der Waals surface area contributed by atoms with E-state index in [2.05, 4.69) is 22.5 Å². The van der Waals surface area contributed by atoms with Crippen molar-refractivity contribution in [2.45, 2.75) is 59.0 Å². The lowest BCUT2D eigenvalue weighted by molar-refractivity contribution is -0.120.